The summed E-state index contributed by atoms with van der Waals surface area (Å²) < 4.78 is 49.7. The summed E-state index contributed by atoms with van der Waals surface area (Å²) in [6.45, 7) is 10.5. The minimum absolute atomic E-state index is 0.0408. The van der Waals surface area contributed by atoms with Gasteiger partial charge in [0.05, 0.1) is 51.4 Å². The largest absolute Gasteiger partial charge is 0.438 e. The van der Waals surface area contributed by atoms with Crippen molar-refractivity contribution in [3.05, 3.63) is 145 Å². The van der Waals surface area contributed by atoms with E-state index in [1.807, 2.05) is 23.6 Å². The number of aromatic amines is 1. The minimum atomic E-state index is -0.694. The van der Waals surface area contributed by atoms with Crippen LogP contribution >= 0.6 is 0 Å². The molecule has 6 aromatic heterocycles. The fraction of sp³-hybridized carbons (Fsp3) is 0.348. The van der Waals surface area contributed by atoms with Gasteiger partial charge in [-0.15, -0.1) is 0 Å². The predicted molar refractivity (Wildman–Crippen MR) is 229 cm³/mol. The van der Waals surface area contributed by atoms with E-state index in [4.69, 9.17) is 14.4 Å². The SMILES string of the molecule is Cc1cc(-n2nc3c(c2-n2ccn(-c4ccc5c(cnn5C)c4F)c2=O)[C@H](C)N(C(=O)c2cn4cc(C[C@H]5CCOC(C)(C)C5)ccc4c2Cc2noc(=O)[nH]2)CC3)cc(C)c1F. The number of rotatable bonds is 8. The van der Waals surface area contributed by atoms with Crippen molar-refractivity contribution >= 4 is 22.3 Å². The number of aryl methyl sites for hydroxylation is 3. The molecule has 10 rings (SSSR count). The molecule has 0 radical (unpaired) electrons. The number of ether oxygens (including phenoxy) is 1. The van der Waals surface area contributed by atoms with Crippen LogP contribution in [0.4, 0.5) is 8.78 Å². The molecule has 1 fully saturated rings. The van der Waals surface area contributed by atoms with Gasteiger partial charge in [-0.25, -0.2) is 23.1 Å². The molecule has 0 spiro atoms. The number of fused-ring (bicyclic) bond motifs is 3. The van der Waals surface area contributed by atoms with Gasteiger partial charge in [-0.2, -0.15) is 10.2 Å². The number of imidazole rings is 1. The molecule has 2 aromatic carbocycles. The maximum Gasteiger partial charge on any atom is 0.438 e. The van der Waals surface area contributed by atoms with E-state index in [1.54, 1.807) is 59.6 Å². The molecule has 2 aliphatic heterocycles. The van der Waals surface area contributed by atoms with Crippen molar-refractivity contribution in [2.75, 3.05) is 13.2 Å². The molecule has 1 saturated heterocycles. The highest BCUT2D eigenvalue weighted by molar-refractivity contribution is 5.98. The van der Waals surface area contributed by atoms with E-state index in [1.165, 1.54) is 27.6 Å². The second-order valence-corrected chi connectivity index (χ2v) is 17.6. The van der Waals surface area contributed by atoms with E-state index in [-0.39, 0.29) is 40.6 Å². The van der Waals surface area contributed by atoms with E-state index in [0.717, 1.165) is 30.3 Å². The Morgan fingerprint density at radius 1 is 1.00 bits per heavy atom. The van der Waals surface area contributed by atoms with Gasteiger partial charge >= 0.3 is 11.4 Å². The number of carbonyl (C=O) groups excluding carboxylic acids is 1. The Labute approximate surface area is 359 Å². The van der Waals surface area contributed by atoms with E-state index in [2.05, 4.69) is 41.4 Å². The molecule has 2 atom stereocenters. The molecule has 63 heavy (non-hydrogen) atoms. The van der Waals surface area contributed by atoms with E-state index in [9.17, 15) is 9.59 Å². The summed E-state index contributed by atoms with van der Waals surface area (Å²) in [5.41, 5.74) is 5.42. The highest BCUT2D eigenvalue weighted by Crippen LogP contribution is 2.38. The zero-order valence-electron chi connectivity index (χ0n) is 35.8. The zero-order valence-corrected chi connectivity index (χ0v) is 35.8. The van der Waals surface area contributed by atoms with Gasteiger partial charge in [0.2, 0.25) is 0 Å². The number of hydrogen-bond donors (Lipinski definition) is 1. The molecule has 1 N–H and O–H groups in total. The lowest BCUT2D eigenvalue weighted by molar-refractivity contribution is -0.0721. The fourth-order valence-corrected chi connectivity index (χ4v) is 9.78. The summed E-state index contributed by atoms with van der Waals surface area (Å²) >= 11 is 0. The molecular formula is C46H46F2N10O5. The number of aromatic nitrogens is 9. The van der Waals surface area contributed by atoms with Gasteiger partial charge in [0, 0.05) is 68.9 Å². The van der Waals surface area contributed by atoms with Crippen LogP contribution < -0.4 is 11.4 Å². The molecule has 324 valence electrons. The van der Waals surface area contributed by atoms with Crippen LogP contribution in [0.25, 0.3) is 33.6 Å². The number of hydrogen-bond acceptors (Lipinski definition) is 8. The minimum Gasteiger partial charge on any atom is -0.376 e. The lowest BCUT2D eigenvalue weighted by Crippen LogP contribution is -2.39. The number of nitrogens with one attached hydrogen (secondary N) is 1. The third-order valence-corrected chi connectivity index (χ3v) is 12.8. The van der Waals surface area contributed by atoms with Crippen LogP contribution in [0.15, 0.2) is 81.5 Å². The second-order valence-electron chi connectivity index (χ2n) is 17.6. The first kappa shape index (κ1) is 40.2. The van der Waals surface area contributed by atoms with Crippen molar-refractivity contribution in [3.63, 3.8) is 0 Å². The molecule has 0 aliphatic carbocycles. The van der Waals surface area contributed by atoms with Crippen molar-refractivity contribution in [2.45, 2.75) is 78.4 Å². The number of benzene rings is 2. The van der Waals surface area contributed by atoms with Crippen molar-refractivity contribution in [2.24, 2.45) is 13.0 Å². The number of halogens is 2. The number of nitrogens with zero attached hydrogens (tertiary/aromatic N) is 9. The highest BCUT2D eigenvalue weighted by atomic mass is 19.1. The Kier molecular flexibility index (Phi) is 9.50. The number of carbonyl (C=O) groups is 1. The Morgan fingerprint density at radius 3 is 2.51 bits per heavy atom. The van der Waals surface area contributed by atoms with Gasteiger partial charge in [-0.3, -0.25) is 28.1 Å². The van der Waals surface area contributed by atoms with Crippen LogP contribution in [0.5, 0.6) is 0 Å². The highest BCUT2D eigenvalue weighted by Gasteiger charge is 2.37. The zero-order chi connectivity index (χ0) is 44.1. The average molecular weight is 857 g/mol. The van der Waals surface area contributed by atoms with Crippen molar-refractivity contribution in [1.82, 2.24) is 48.1 Å². The van der Waals surface area contributed by atoms with Crippen LogP contribution in [0.3, 0.4) is 0 Å². The van der Waals surface area contributed by atoms with E-state index >= 15 is 13.6 Å². The van der Waals surface area contributed by atoms with Crippen LogP contribution in [0, 0.1) is 31.4 Å². The third-order valence-electron chi connectivity index (χ3n) is 12.8. The lowest BCUT2D eigenvalue weighted by Gasteiger charge is -2.35. The Bertz CT molecular complexity index is 3230. The average Bonchev–Trinajstić information content (AvgIpc) is 4.08. The predicted octanol–water partition coefficient (Wildman–Crippen LogP) is 6.62. The van der Waals surface area contributed by atoms with Gasteiger partial charge in [-0.1, -0.05) is 11.2 Å². The number of pyridine rings is 1. The summed E-state index contributed by atoms with van der Waals surface area (Å²) in [6.07, 6.45) is 11.6. The molecule has 8 aromatic rings. The lowest BCUT2D eigenvalue weighted by atomic mass is 9.84. The van der Waals surface area contributed by atoms with E-state index < -0.39 is 23.3 Å². The summed E-state index contributed by atoms with van der Waals surface area (Å²) in [5.74, 6) is -0.850. The molecule has 2 aliphatic rings. The number of amides is 1. The van der Waals surface area contributed by atoms with E-state index in [0.29, 0.717) is 76.0 Å². The van der Waals surface area contributed by atoms with Gasteiger partial charge < -0.3 is 14.0 Å². The molecule has 1 amide bonds. The monoisotopic (exact) mass is 856 g/mol. The Morgan fingerprint density at radius 2 is 1.76 bits per heavy atom. The molecule has 17 heteroatoms. The van der Waals surface area contributed by atoms with Crippen LogP contribution in [-0.4, -0.2) is 72.8 Å². The first-order valence-corrected chi connectivity index (χ1v) is 21.1. The summed E-state index contributed by atoms with van der Waals surface area (Å²) in [5, 5.41) is 13.4. The normalized spacial score (nSPS) is 17.6. The van der Waals surface area contributed by atoms with Gasteiger partial charge in [0.25, 0.3) is 5.91 Å². The van der Waals surface area contributed by atoms with Gasteiger partial charge in [0.15, 0.2) is 11.6 Å². The standard InChI is InChI=1S/C46H46F2N10O5/c1-25-17-30(18-26(2)40(25)47)58-42(57-15-14-56(45(57)61)37-10-9-35-32(41(37)48)22-49-53(35)6)39-27(3)55(13-11-34(39)51-58)43(59)33-24-54-23-29(19-28-12-16-62-46(4,5)21-28)7-8-36(54)31(33)20-38-50-44(60)63-52-38/h7-10,14-15,17-18,22-24,27-28H,11-13,16,19-21H2,1-6H3,(H,50,52,60)/t27-,28+/m0/s1. The van der Waals surface area contributed by atoms with Gasteiger partial charge in [0.1, 0.15) is 11.6 Å². The molecule has 0 saturated carbocycles. The molecule has 15 nitrogen and oxygen atoms in total. The van der Waals surface area contributed by atoms with Gasteiger partial charge in [-0.05, 0) is 112 Å². The first-order chi connectivity index (χ1) is 30.2. The maximum atomic E-state index is 16.1. The van der Waals surface area contributed by atoms with Crippen LogP contribution in [0.1, 0.15) is 89.3 Å². The number of H-pyrrole nitrogens is 1. The molecule has 8 heterocycles. The molecular weight excluding hydrogens is 811 g/mol. The second kappa shape index (κ2) is 14.9. The van der Waals surface area contributed by atoms with Crippen molar-refractivity contribution in [3.8, 4) is 17.2 Å². The summed E-state index contributed by atoms with van der Waals surface area (Å²) in [4.78, 5) is 46.1. The van der Waals surface area contributed by atoms with Crippen LogP contribution in [-0.2, 0) is 31.0 Å². The third kappa shape index (κ3) is 6.81. The van der Waals surface area contributed by atoms with Crippen LogP contribution in [0.2, 0.25) is 0 Å². The molecule has 0 bridgehead atoms. The topological polar surface area (TPSA) is 155 Å². The Balaban J connectivity index is 1.07. The van der Waals surface area contributed by atoms with Crippen molar-refractivity contribution in [1.29, 1.82) is 0 Å². The fourth-order valence-electron chi connectivity index (χ4n) is 9.78. The first-order valence-electron chi connectivity index (χ1n) is 21.1. The maximum absolute atomic E-state index is 16.1. The molecule has 0 unspecified atom stereocenters. The van der Waals surface area contributed by atoms with Crippen molar-refractivity contribution < 1.29 is 22.8 Å². The summed E-state index contributed by atoms with van der Waals surface area (Å²) in [7, 11) is 1.71. The Hall–Kier alpha value is -6.88. The summed E-state index contributed by atoms with van der Waals surface area (Å²) in [6, 6.07) is 10.0. The smallest absolute Gasteiger partial charge is 0.376 e. The quantitative estimate of drug-likeness (QED) is 0.179.